The molecular formula is C21H18F3N3O. The van der Waals surface area contributed by atoms with E-state index >= 15 is 0 Å². The molecular weight excluding hydrogens is 367 g/mol. The monoisotopic (exact) mass is 385 g/mol. The van der Waals surface area contributed by atoms with E-state index in [-0.39, 0.29) is 23.3 Å². The molecule has 7 heteroatoms. The van der Waals surface area contributed by atoms with Crippen LogP contribution in [0.2, 0.25) is 0 Å². The molecule has 0 fully saturated rings. The molecule has 1 unspecified atom stereocenters. The van der Waals surface area contributed by atoms with Gasteiger partial charge in [-0.25, -0.2) is 4.98 Å². The Balaban J connectivity index is 1.70. The van der Waals surface area contributed by atoms with E-state index in [1.807, 2.05) is 37.3 Å². The molecule has 3 rings (SSSR count). The number of para-hydroxylation sites is 1. The van der Waals surface area contributed by atoms with E-state index in [9.17, 15) is 18.0 Å². The normalized spacial score (nSPS) is 12.3. The standard InChI is InChI=1S/C21H18F3N3O/c1-14(15-7-3-2-4-8-15)26-20(28)19-12-11-16(13-25-19)27-18-10-6-5-9-17(18)21(22,23)24/h2-14,27H,1H3,(H,26,28). The zero-order chi connectivity index (χ0) is 20.1. The quantitative estimate of drug-likeness (QED) is 0.624. The van der Waals surface area contributed by atoms with Crippen LogP contribution in [0.1, 0.15) is 34.6 Å². The van der Waals surface area contributed by atoms with Crippen LogP contribution in [0.4, 0.5) is 24.5 Å². The molecule has 0 aliphatic rings. The average molecular weight is 385 g/mol. The fraction of sp³-hybridized carbons (Fsp3) is 0.143. The van der Waals surface area contributed by atoms with Crippen LogP contribution in [0.15, 0.2) is 72.9 Å². The van der Waals surface area contributed by atoms with Gasteiger partial charge in [0.05, 0.1) is 29.2 Å². The first-order valence-electron chi connectivity index (χ1n) is 8.59. The molecule has 0 spiro atoms. The number of alkyl halides is 3. The SMILES string of the molecule is CC(NC(=O)c1ccc(Nc2ccccc2C(F)(F)F)cn1)c1ccccc1. The van der Waals surface area contributed by atoms with E-state index < -0.39 is 11.7 Å². The number of rotatable bonds is 5. The summed E-state index contributed by atoms with van der Waals surface area (Å²) < 4.78 is 39.2. The second-order valence-corrected chi connectivity index (χ2v) is 6.21. The van der Waals surface area contributed by atoms with Gasteiger partial charge in [-0.3, -0.25) is 4.79 Å². The minimum Gasteiger partial charge on any atom is -0.354 e. The van der Waals surface area contributed by atoms with E-state index in [1.54, 1.807) is 0 Å². The maximum absolute atomic E-state index is 13.1. The number of carbonyl (C=O) groups is 1. The summed E-state index contributed by atoms with van der Waals surface area (Å²) >= 11 is 0. The lowest BCUT2D eigenvalue weighted by molar-refractivity contribution is -0.136. The molecule has 144 valence electrons. The lowest BCUT2D eigenvalue weighted by Gasteiger charge is -2.15. The van der Waals surface area contributed by atoms with Gasteiger partial charge in [-0.05, 0) is 36.8 Å². The molecule has 0 saturated carbocycles. The highest BCUT2D eigenvalue weighted by Crippen LogP contribution is 2.35. The van der Waals surface area contributed by atoms with Gasteiger partial charge in [0.25, 0.3) is 5.91 Å². The van der Waals surface area contributed by atoms with Crippen LogP contribution in [0.5, 0.6) is 0 Å². The molecule has 0 radical (unpaired) electrons. The number of nitrogens with zero attached hydrogens (tertiary/aromatic N) is 1. The Labute approximate surface area is 160 Å². The lowest BCUT2D eigenvalue weighted by atomic mass is 10.1. The van der Waals surface area contributed by atoms with Gasteiger partial charge in [0.15, 0.2) is 0 Å². The predicted octanol–water partition coefficient (Wildman–Crippen LogP) is 5.34. The van der Waals surface area contributed by atoms with Gasteiger partial charge in [0, 0.05) is 0 Å². The van der Waals surface area contributed by atoms with Crippen molar-refractivity contribution in [2.45, 2.75) is 19.1 Å². The summed E-state index contributed by atoms with van der Waals surface area (Å²) in [5.74, 6) is -0.362. The molecule has 3 aromatic rings. The number of nitrogens with one attached hydrogen (secondary N) is 2. The van der Waals surface area contributed by atoms with Gasteiger partial charge in [-0.1, -0.05) is 42.5 Å². The highest BCUT2D eigenvalue weighted by Gasteiger charge is 2.33. The fourth-order valence-corrected chi connectivity index (χ4v) is 2.69. The van der Waals surface area contributed by atoms with E-state index in [1.165, 1.54) is 36.5 Å². The lowest BCUT2D eigenvalue weighted by Crippen LogP contribution is -2.27. The van der Waals surface area contributed by atoms with Gasteiger partial charge in [0.1, 0.15) is 5.69 Å². The van der Waals surface area contributed by atoms with Crippen LogP contribution < -0.4 is 10.6 Å². The van der Waals surface area contributed by atoms with Crippen molar-refractivity contribution in [3.8, 4) is 0 Å². The number of hydrogen-bond donors (Lipinski definition) is 2. The number of halogens is 3. The Morgan fingerprint density at radius 3 is 2.29 bits per heavy atom. The highest BCUT2D eigenvalue weighted by atomic mass is 19.4. The zero-order valence-electron chi connectivity index (χ0n) is 15.0. The number of hydrogen-bond acceptors (Lipinski definition) is 3. The number of benzene rings is 2. The second-order valence-electron chi connectivity index (χ2n) is 6.21. The minimum absolute atomic E-state index is 0.0771. The van der Waals surface area contributed by atoms with Crippen molar-refractivity contribution in [3.05, 3.63) is 89.7 Å². The van der Waals surface area contributed by atoms with E-state index in [0.29, 0.717) is 5.69 Å². The van der Waals surface area contributed by atoms with Crippen molar-refractivity contribution < 1.29 is 18.0 Å². The molecule has 1 amide bonds. The third kappa shape index (κ3) is 4.68. The summed E-state index contributed by atoms with van der Waals surface area (Å²) in [6.07, 6.45) is -3.14. The summed E-state index contributed by atoms with van der Waals surface area (Å²) in [4.78, 5) is 16.4. The highest BCUT2D eigenvalue weighted by molar-refractivity contribution is 5.92. The maximum Gasteiger partial charge on any atom is 0.418 e. The third-order valence-corrected chi connectivity index (χ3v) is 4.15. The number of aromatic nitrogens is 1. The summed E-state index contributed by atoms with van der Waals surface area (Å²) in [5.41, 5.74) is 0.639. The summed E-state index contributed by atoms with van der Waals surface area (Å²) in [6, 6.07) is 17.4. The molecule has 4 nitrogen and oxygen atoms in total. The van der Waals surface area contributed by atoms with Crippen molar-refractivity contribution in [2.24, 2.45) is 0 Å². The maximum atomic E-state index is 13.1. The summed E-state index contributed by atoms with van der Waals surface area (Å²) in [6.45, 7) is 1.86. The Morgan fingerprint density at radius 2 is 1.64 bits per heavy atom. The van der Waals surface area contributed by atoms with Crippen LogP contribution in [-0.2, 0) is 6.18 Å². The molecule has 1 atom stereocenters. The van der Waals surface area contributed by atoms with E-state index in [0.717, 1.165) is 11.6 Å². The van der Waals surface area contributed by atoms with Gasteiger partial charge < -0.3 is 10.6 Å². The van der Waals surface area contributed by atoms with E-state index in [2.05, 4.69) is 15.6 Å². The molecule has 0 aliphatic carbocycles. The number of pyridine rings is 1. The number of anilines is 2. The molecule has 2 N–H and O–H groups in total. The summed E-state index contributed by atoms with van der Waals surface area (Å²) in [7, 11) is 0. The van der Waals surface area contributed by atoms with Crippen molar-refractivity contribution in [3.63, 3.8) is 0 Å². The van der Waals surface area contributed by atoms with Gasteiger partial charge in [-0.2, -0.15) is 13.2 Å². The van der Waals surface area contributed by atoms with Crippen LogP contribution >= 0.6 is 0 Å². The Hall–Kier alpha value is -3.35. The van der Waals surface area contributed by atoms with Crippen molar-refractivity contribution >= 4 is 17.3 Å². The minimum atomic E-state index is -4.47. The largest absolute Gasteiger partial charge is 0.418 e. The second kappa shape index (κ2) is 8.12. The van der Waals surface area contributed by atoms with Crippen LogP contribution in [-0.4, -0.2) is 10.9 Å². The average Bonchev–Trinajstić information content (AvgIpc) is 2.69. The Kier molecular flexibility index (Phi) is 5.63. The molecule has 0 saturated heterocycles. The molecule has 2 aromatic carbocycles. The van der Waals surface area contributed by atoms with Crippen molar-refractivity contribution in [1.29, 1.82) is 0 Å². The molecule has 28 heavy (non-hydrogen) atoms. The number of amides is 1. The predicted molar refractivity (Wildman–Crippen MR) is 101 cm³/mol. The van der Waals surface area contributed by atoms with Crippen LogP contribution in [0.3, 0.4) is 0 Å². The first-order valence-corrected chi connectivity index (χ1v) is 8.59. The molecule has 0 bridgehead atoms. The molecule has 1 heterocycles. The van der Waals surface area contributed by atoms with Gasteiger partial charge >= 0.3 is 6.18 Å². The van der Waals surface area contributed by atoms with E-state index in [4.69, 9.17) is 0 Å². The number of carbonyl (C=O) groups excluding carboxylic acids is 1. The third-order valence-electron chi connectivity index (χ3n) is 4.15. The van der Waals surface area contributed by atoms with Gasteiger partial charge in [-0.15, -0.1) is 0 Å². The topological polar surface area (TPSA) is 54.0 Å². The fourth-order valence-electron chi connectivity index (χ4n) is 2.69. The van der Waals surface area contributed by atoms with Crippen molar-refractivity contribution in [2.75, 3.05) is 5.32 Å². The Bertz CT molecular complexity index is 941. The zero-order valence-corrected chi connectivity index (χ0v) is 15.0. The summed E-state index contributed by atoms with van der Waals surface area (Å²) in [5, 5.41) is 5.54. The van der Waals surface area contributed by atoms with Crippen LogP contribution in [0, 0.1) is 0 Å². The molecule has 0 aliphatic heterocycles. The Morgan fingerprint density at radius 1 is 0.964 bits per heavy atom. The van der Waals surface area contributed by atoms with Gasteiger partial charge in [0.2, 0.25) is 0 Å². The molecule has 1 aromatic heterocycles. The van der Waals surface area contributed by atoms with Crippen molar-refractivity contribution in [1.82, 2.24) is 10.3 Å². The first-order chi connectivity index (χ1) is 13.3. The smallest absolute Gasteiger partial charge is 0.354 e. The first kappa shape index (κ1) is 19.4. The van der Waals surface area contributed by atoms with Crippen LogP contribution in [0.25, 0.3) is 0 Å².